The maximum Gasteiger partial charge on any atom is 0.251 e. The lowest BCUT2D eigenvalue weighted by molar-refractivity contribution is 0.0953. The van der Waals surface area contributed by atoms with Gasteiger partial charge in [-0.2, -0.15) is 0 Å². The van der Waals surface area contributed by atoms with E-state index in [0.717, 1.165) is 25.1 Å². The highest BCUT2D eigenvalue weighted by Crippen LogP contribution is 2.00. The van der Waals surface area contributed by atoms with Crippen molar-refractivity contribution in [2.24, 2.45) is 0 Å². The van der Waals surface area contributed by atoms with E-state index in [4.69, 9.17) is 0 Å². The largest absolute Gasteiger partial charge is 0.352 e. The van der Waals surface area contributed by atoms with Gasteiger partial charge in [0.1, 0.15) is 0 Å². The van der Waals surface area contributed by atoms with Crippen molar-refractivity contribution in [1.82, 2.24) is 10.3 Å². The molecule has 0 radical (unpaired) electrons. The number of unbranched alkanes of at least 4 members (excludes halogenated alkanes) is 2. The quantitative estimate of drug-likeness (QED) is 0.751. The lowest BCUT2D eigenvalue weighted by Crippen LogP contribution is -2.24. The third kappa shape index (κ3) is 4.11. The second kappa shape index (κ2) is 6.17. The molecule has 15 heavy (non-hydrogen) atoms. The van der Waals surface area contributed by atoms with Crippen LogP contribution < -0.4 is 5.32 Å². The number of nitrogens with zero attached hydrogens (tertiary/aromatic N) is 1. The molecule has 1 aromatic heterocycles. The van der Waals surface area contributed by atoms with Crippen LogP contribution >= 0.6 is 0 Å². The van der Waals surface area contributed by atoms with Crippen LogP contribution in [0.1, 0.15) is 42.2 Å². The number of nitrogens with one attached hydrogen (secondary N) is 1. The summed E-state index contributed by atoms with van der Waals surface area (Å²) < 4.78 is 0. The highest BCUT2D eigenvalue weighted by molar-refractivity contribution is 5.94. The van der Waals surface area contributed by atoms with E-state index in [1.54, 1.807) is 18.3 Å². The topological polar surface area (TPSA) is 42.0 Å². The zero-order valence-electron chi connectivity index (χ0n) is 9.42. The van der Waals surface area contributed by atoms with Gasteiger partial charge >= 0.3 is 0 Å². The summed E-state index contributed by atoms with van der Waals surface area (Å²) in [6.45, 7) is 4.79. The monoisotopic (exact) mass is 206 g/mol. The molecule has 82 valence electrons. The molecule has 1 amide bonds. The first-order valence-electron chi connectivity index (χ1n) is 5.45. The molecular weight excluding hydrogens is 188 g/mol. The van der Waals surface area contributed by atoms with Crippen molar-refractivity contribution >= 4 is 5.91 Å². The number of hydrogen-bond acceptors (Lipinski definition) is 2. The first-order chi connectivity index (χ1) is 7.24. The summed E-state index contributed by atoms with van der Waals surface area (Å²) in [4.78, 5) is 15.7. The molecule has 0 saturated heterocycles. The van der Waals surface area contributed by atoms with Crippen LogP contribution in [0, 0.1) is 6.92 Å². The Kier molecular flexibility index (Phi) is 4.81. The Balaban J connectivity index is 2.40. The third-order valence-corrected chi connectivity index (χ3v) is 2.22. The lowest BCUT2D eigenvalue weighted by atomic mass is 10.2. The second-order valence-electron chi connectivity index (χ2n) is 3.65. The Hall–Kier alpha value is -1.38. The molecule has 0 spiro atoms. The average molecular weight is 206 g/mol. The van der Waals surface area contributed by atoms with Crippen LogP contribution in [-0.2, 0) is 0 Å². The maximum atomic E-state index is 11.6. The van der Waals surface area contributed by atoms with Crippen LogP contribution in [0.4, 0.5) is 0 Å². The van der Waals surface area contributed by atoms with E-state index in [1.165, 1.54) is 6.42 Å². The Morgan fingerprint density at radius 3 is 2.93 bits per heavy atom. The summed E-state index contributed by atoms with van der Waals surface area (Å²) in [5.74, 6) is -0.00315. The summed E-state index contributed by atoms with van der Waals surface area (Å²) in [7, 11) is 0. The highest BCUT2D eigenvalue weighted by atomic mass is 16.1. The van der Waals surface area contributed by atoms with Crippen LogP contribution in [0.2, 0.25) is 0 Å². The number of aromatic nitrogens is 1. The zero-order valence-corrected chi connectivity index (χ0v) is 9.42. The lowest BCUT2D eigenvalue weighted by Gasteiger charge is -2.04. The summed E-state index contributed by atoms with van der Waals surface area (Å²) in [5.41, 5.74) is 1.57. The number of carbonyl (C=O) groups excluding carboxylic acids is 1. The molecule has 1 N–H and O–H groups in total. The Bertz CT molecular complexity index is 323. The van der Waals surface area contributed by atoms with Gasteiger partial charge in [-0.3, -0.25) is 9.78 Å². The van der Waals surface area contributed by atoms with Crippen LogP contribution in [0.5, 0.6) is 0 Å². The van der Waals surface area contributed by atoms with Crippen molar-refractivity contribution in [2.45, 2.75) is 33.1 Å². The highest BCUT2D eigenvalue weighted by Gasteiger charge is 2.03. The Morgan fingerprint density at radius 1 is 1.47 bits per heavy atom. The number of pyridine rings is 1. The number of aryl methyl sites for hydroxylation is 1. The molecule has 1 rings (SSSR count). The van der Waals surface area contributed by atoms with Crippen LogP contribution in [0.15, 0.2) is 18.3 Å². The minimum Gasteiger partial charge on any atom is -0.352 e. The predicted molar refractivity (Wildman–Crippen MR) is 60.8 cm³/mol. The number of amides is 1. The van der Waals surface area contributed by atoms with Gasteiger partial charge in [0.15, 0.2) is 0 Å². The van der Waals surface area contributed by atoms with Gasteiger partial charge < -0.3 is 5.32 Å². The van der Waals surface area contributed by atoms with Crippen LogP contribution in [0.25, 0.3) is 0 Å². The number of carbonyl (C=O) groups is 1. The molecule has 0 aliphatic rings. The molecule has 0 saturated carbocycles. The summed E-state index contributed by atoms with van der Waals surface area (Å²) in [6, 6.07) is 3.54. The second-order valence-corrected chi connectivity index (χ2v) is 3.65. The van der Waals surface area contributed by atoms with Gasteiger partial charge in [0.25, 0.3) is 5.91 Å². The van der Waals surface area contributed by atoms with E-state index in [0.29, 0.717) is 5.56 Å². The first-order valence-corrected chi connectivity index (χ1v) is 5.45. The number of hydrogen-bond donors (Lipinski definition) is 1. The summed E-state index contributed by atoms with van der Waals surface area (Å²) in [5, 5.41) is 2.89. The molecule has 3 heteroatoms. The minimum absolute atomic E-state index is 0.00315. The third-order valence-electron chi connectivity index (χ3n) is 2.22. The molecule has 0 aliphatic carbocycles. The molecule has 0 atom stereocenters. The van der Waals surface area contributed by atoms with E-state index < -0.39 is 0 Å². The summed E-state index contributed by atoms with van der Waals surface area (Å²) in [6.07, 6.45) is 5.04. The van der Waals surface area contributed by atoms with Crippen molar-refractivity contribution in [1.29, 1.82) is 0 Å². The average Bonchev–Trinajstić information content (AvgIpc) is 2.24. The van der Waals surface area contributed by atoms with Gasteiger partial charge in [-0.25, -0.2) is 0 Å². The van der Waals surface area contributed by atoms with Crippen molar-refractivity contribution < 1.29 is 4.79 Å². The molecule has 0 bridgehead atoms. The van der Waals surface area contributed by atoms with Gasteiger partial charge in [-0.15, -0.1) is 0 Å². The maximum absolute atomic E-state index is 11.6. The minimum atomic E-state index is -0.00315. The van der Waals surface area contributed by atoms with Gasteiger partial charge in [0, 0.05) is 24.0 Å². The predicted octanol–water partition coefficient (Wildman–Crippen LogP) is 2.31. The van der Waals surface area contributed by atoms with E-state index >= 15 is 0 Å². The number of rotatable bonds is 5. The Labute approximate surface area is 90.9 Å². The molecule has 1 aromatic rings. The van der Waals surface area contributed by atoms with Crippen molar-refractivity contribution in [3.8, 4) is 0 Å². The fourth-order valence-corrected chi connectivity index (χ4v) is 1.37. The smallest absolute Gasteiger partial charge is 0.251 e. The zero-order chi connectivity index (χ0) is 11.1. The molecule has 0 aromatic carbocycles. The van der Waals surface area contributed by atoms with Gasteiger partial charge in [-0.1, -0.05) is 19.8 Å². The summed E-state index contributed by atoms with van der Waals surface area (Å²) >= 11 is 0. The van der Waals surface area contributed by atoms with Gasteiger partial charge in [0.05, 0.1) is 0 Å². The molecule has 0 aliphatic heterocycles. The van der Waals surface area contributed by atoms with Crippen molar-refractivity contribution in [3.05, 3.63) is 29.6 Å². The SMILES string of the molecule is CCCCCNC(=O)c1ccnc(C)c1. The van der Waals surface area contributed by atoms with Gasteiger partial charge in [-0.05, 0) is 25.5 Å². The van der Waals surface area contributed by atoms with Crippen LogP contribution in [-0.4, -0.2) is 17.4 Å². The normalized spacial score (nSPS) is 10.0. The molecule has 1 heterocycles. The van der Waals surface area contributed by atoms with Crippen molar-refractivity contribution in [3.63, 3.8) is 0 Å². The fourth-order valence-electron chi connectivity index (χ4n) is 1.37. The van der Waals surface area contributed by atoms with E-state index in [9.17, 15) is 4.79 Å². The van der Waals surface area contributed by atoms with E-state index in [-0.39, 0.29) is 5.91 Å². The van der Waals surface area contributed by atoms with Gasteiger partial charge in [0.2, 0.25) is 0 Å². The van der Waals surface area contributed by atoms with Crippen LogP contribution in [0.3, 0.4) is 0 Å². The van der Waals surface area contributed by atoms with E-state index in [1.807, 2.05) is 6.92 Å². The molecular formula is C12H18N2O. The molecule has 0 unspecified atom stereocenters. The molecule has 0 fully saturated rings. The first kappa shape index (κ1) is 11.7. The standard InChI is InChI=1S/C12H18N2O/c1-3-4-5-7-14-12(15)11-6-8-13-10(2)9-11/h6,8-9H,3-5,7H2,1-2H3,(H,14,15). The van der Waals surface area contributed by atoms with Crippen molar-refractivity contribution in [2.75, 3.05) is 6.54 Å². The Morgan fingerprint density at radius 2 is 2.27 bits per heavy atom. The fraction of sp³-hybridized carbons (Fsp3) is 0.500. The molecule has 3 nitrogen and oxygen atoms in total. The van der Waals surface area contributed by atoms with E-state index in [2.05, 4.69) is 17.2 Å².